The third-order valence-electron chi connectivity index (χ3n) is 3.68. The zero-order chi connectivity index (χ0) is 12.9. The Morgan fingerprint density at radius 1 is 1.39 bits per heavy atom. The quantitative estimate of drug-likeness (QED) is 0.809. The molecule has 1 fully saturated rings. The van der Waals surface area contributed by atoms with Crippen molar-refractivity contribution < 1.29 is 13.6 Å². The van der Waals surface area contributed by atoms with Crippen LogP contribution in [0.25, 0.3) is 0 Å². The molecule has 1 aromatic rings. The van der Waals surface area contributed by atoms with Crippen molar-refractivity contribution in [2.24, 2.45) is 5.41 Å². The molecule has 0 unspecified atom stereocenters. The minimum absolute atomic E-state index is 0.117. The highest BCUT2D eigenvalue weighted by Crippen LogP contribution is 2.52. The average Bonchev–Trinajstić information content (AvgIpc) is 3.09. The van der Waals surface area contributed by atoms with Crippen molar-refractivity contribution in [3.63, 3.8) is 0 Å². The van der Waals surface area contributed by atoms with Gasteiger partial charge in [-0.1, -0.05) is 0 Å². The smallest absolute Gasteiger partial charge is 0.333 e. The van der Waals surface area contributed by atoms with Crippen LogP contribution in [0, 0.1) is 5.41 Å². The van der Waals surface area contributed by atoms with Gasteiger partial charge in [-0.05, 0) is 12.8 Å². The molecule has 0 saturated heterocycles. The van der Waals surface area contributed by atoms with Crippen molar-refractivity contribution in [1.29, 1.82) is 0 Å². The number of hydrogen-bond acceptors (Lipinski definition) is 3. The third kappa shape index (κ3) is 1.48. The Morgan fingerprint density at radius 2 is 2.11 bits per heavy atom. The molecule has 6 nitrogen and oxygen atoms in total. The molecule has 0 aromatic carbocycles. The van der Waals surface area contributed by atoms with Gasteiger partial charge in [0.15, 0.2) is 5.82 Å². The van der Waals surface area contributed by atoms with Crippen LogP contribution >= 0.6 is 0 Å². The Bertz CT molecular complexity index is 546. The first-order valence-electron chi connectivity index (χ1n) is 5.76. The minimum atomic E-state index is -2.62. The van der Waals surface area contributed by atoms with E-state index in [4.69, 9.17) is 0 Å². The number of nitrogens with one attached hydrogen (secondary N) is 1. The van der Waals surface area contributed by atoms with Crippen LogP contribution < -0.4 is 5.69 Å². The Hall–Kier alpha value is -1.73. The summed E-state index contributed by atoms with van der Waals surface area (Å²) >= 11 is 0. The van der Waals surface area contributed by atoms with Gasteiger partial charge in [0.1, 0.15) is 5.41 Å². The highest BCUT2D eigenvalue weighted by atomic mass is 19.3. The van der Waals surface area contributed by atoms with Crippen molar-refractivity contribution >= 4 is 5.91 Å². The fourth-order valence-electron chi connectivity index (χ4n) is 2.32. The van der Waals surface area contributed by atoms with Gasteiger partial charge < -0.3 is 4.90 Å². The Labute approximate surface area is 101 Å². The van der Waals surface area contributed by atoms with Crippen LogP contribution in [0.4, 0.5) is 8.78 Å². The van der Waals surface area contributed by atoms with Crippen LogP contribution in [0.15, 0.2) is 4.79 Å². The molecule has 1 aliphatic carbocycles. The van der Waals surface area contributed by atoms with Crippen LogP contribution in [0.1, 0.15) is 18.7 Å². The average molecular weight is 258 g/mol. The predicted octanol–water partition coefficient (Wildman–Crippen LogP) is -0.0411. The summed E-state index contributed by atoms with van der Waals surface area (Å²) in [6, 6.07) is 0. The fraction of sp³-hybridized carbons (Fsp3) is 0.700. The zero-order valence-corrected chi connectivity index (χ0v) is 9.53. The van der Waals surface area contributed by atoms with Gasteiger partial charge in [-0.3, -0.25) is 9.36 Å². The second kappa shape index (κ2) is 3.63. The normalized spacial score (nSPS) is 20.9. The van der Waals surface area contributed by atoms with E-state index in [1.54, 1.807) is 0 Å². The summed E-state index contributed by atoms with van der Waals surface area (Å²) in [6.45, 7) is 0.696. The van der Waals surface area contributed by atoms with E-state index in [2.05, 4.69) is 10.2 Å². The summed E-state index contributed by atoms with van der Waals surface area (Å²) in [6.07, 6.45) is -2.13. The Balaban J connectivity index is 1.81. The largest absolute Gasteiger partial charge is 0.343 e. The molecule has 1 saturated carbocycles. The molecule has 8 heteroatoms. The van der Waals surface area contributed by atoms with Gasteiger partial charge in [-0.15, -0.1) is 0 Å². The van der Waals surface area contributed by atoms with E-state index in [0.717, 1.165) is 0 Å². The van der Waals surface area contributed by atoms with E-state index in [-0.39, 0.29) is 31.6 Å². The Kier molecular flexibility index (Phi) is 2.29. The maximum atomic E-state index is 12.9. The number of hydrogen-bond donors (Lipinski definition) is 1. The second-order valence-electron chi connectivity index (χ2n) is 4.78. The van der Waals surface area contributed by atoms with Gasteiger partial charge >= 0.3 is 5.69 Å². The molecule has 1 N–H and O–H groups in total. The van der Waals surface area contributed by atoms with E-state index < -0.39 is 17.7 Å². The number of nitrogens with zero attached hydrogens (tertiary/aromatic N) is 3. The lowest BCUT2D eigenvalue weighted by Crippen LogP contribution is -2.45. The molecule has 2 heterocycles. The number of fused-ring (bicyclic) bond motifs is 1. The molecule has 2 aliphatic rings. The predicted molar refractivity (Wildman–Crippen MR) is 55.9 cm³/mol. The first kappa shape index (κ1) is 11.4. The van der Waals surface area contributed by atoms with Crippen LogP contribution in [-0.4, -0.2) is 38.5 Å². The lowest BCUT2D eigenvalue weighted by Gasteiger charge is -2.30. The van der Waals surface area contributed by atoms with Crippen LogP contribution in [0.3, 0.4) is 0 Å². The summed E-state index contributed by atoms with van der Waals surface area (Å²) in [5.74, 6) is -0.0936. The van der Waals surface area contributed by atoms with Crippen molar-refractivity contribution in [3.8, 4) is 0 Å². The van der Waals surface area contributed by atoms with Gasteiger partial charge in [0.2, 0.25) is 5.91 Å². The topological polar surface area (TPSA) is 71.0 Å². The molecule has 1 aliphatic heterocycles. The van der Waals surface area contributed by atoms with Gasteiger partial charge in [0, 0.05) is 13.1 Å². The molecular weight excluding hydrogens is 246 g/mol. The van der Waals surface area contributed by atoms with Crippen LogP contribution in [0.2, 0.25) is 0 Å². The first-order valence-corrected chi connectivity index (χ1v) is 5.76. The summed E-state index contributed by atoms with van der Waals surface area (Å²) in [5, 5.41) is 6.07. The summed E-state index contributed by atoms with van der Waals surface area (Å²) in [7, 11) is 0. The number of amides is 1. The van der Waals surface area contributed by atoms with Crippen molar-refractivity contribution in [3.05, 3.63) is 16.3 Å². The summed E-state index contributed by atoms with van der Waals surface area (Å²) in [5.41, 5.74) is -1.80. The molecule has 1 amide bonds. The summed E-state index contributed by atoms with van der Waals surface area (Å²) in [4.78, 5) is 24.7. The van der Waals surface area contributed by atoms with Crippen molar-refractivity contribution in [1.82, 2.24) is 19.7 Å². The number of H-pyrrole nitrogens is 1. The van der Waals surface area contributed by atoms with E-state index >= 15 is 0 Å². The highest BCUT2D eigenvalue weighted by Gasteiger charge is 2.59. The molecule has 98 valence electrons. The van der Waals surface area contributed by atoms with Gasteiger partial charge in [-0.2, -0.15) is 5.10 Å². The molecule has 18 heavy (non-hydrogen) atoms. The second-order valence-corrected chi connectivity index (χ2v) is 4.78. The number of aromatic nitrogens is 3. The maximum Gasteiger partial charge on any atom is 0.343 e. The Morgan fingerprint density at radius 3 is 2.72 bits per heavy atom. The zero-order valence-electron chi connectivity index (χ0n) is 9.53. The number of carbonyl (C=O) groups excluding carboxylic acids is 1. The minimum Gasteiger partial charge on any atom is -0.333 e. The van der Waals surface area contributed by atoms with Crippen molar-refractivity contribution in [2.75, 3.05) is 6.54 Å². The molecule has 1 aromatic heterocycles. The molecule has 3 rings (SSSR count). The molecule has 0 atom stereocenters. The molecule has 0 bridgehead atoms. The van der Waals surface area contributed by atoms with Gasteiger partial charge in [0.05, 0.1) is 6.54 Å². The maximum absolute atomic E-state index is 12.9. The SMILES string of the molecule is O=C(N1CCn2c(n[nH]c2=O)C1)C1(C(F)F)CC1. The summed E-state index contributed by atoms with van der Waals surface area (Å²) < 4.78 is 27.1. The van der Waals surface area contributed by atoms with Crippen molar-refractivity contribution in [2.45, 2.75) is 32.4 Å². The number of alkyl halides is 2. The third-order valence-corrected chi connectivity index (χ3v) is 3.68. The van der Waals surface area contributed by atoms with Crippen LogP contribution in [0.5, 0.6) is 0 Å². The van der Waals surface area contributed by atoms with E-state index in [1.807, 2.05) is 0 Å². The van der Waals surface area contributed by atoms with E-state index in [9.17, 15) is 18.4 Å². The van der Waals surface area contributed by atoms with Gasteiger partial charge in [0.25, 0.3) is 6.43 Å². The molecule has 0 spiro atoms. The molecule has 0 radical (unpaired) electrons. The van der Waals surface area contributed by atoms with Crippen LogP contribution in [-0.2, 0) is 17.9 Å². The number of carbonyl (C=O) groups is 1. The number of halogens is 2. The monoisotopic (exact) mass is 258 g/mol. The lowest BCUT2D eigenvalue weighted by atomic mass is 10.1. The first-order chi connectivity index (χ1) is 8.54. The molecular formula is C10H12F2N4O2. The lowest BCUT2D eigenvalue weighted by molar-refractivity contribution is -0.144. The number of rotatable bonds is 2. The standard InChI is InChI=1S/C10H12F2N4O2/c11-7(12)10(1-2-10)8(17)15-3-4-16-6(5-15)13-14-9(16)18/h7H,1-5H2,(H,14,18). The van der Waals surface area contributed by atoms with Gasteiger partial charge in [-0.25, -0.2) is 18.7 Å². The fourth-order valence-corrected chi connectivity index (χ4v) is 2.32. The highest BCUT2D eigenvalue weighted by molar-refractivity contribution is 5.85. The van der Waals surface area contributed by atoms with E-state index in [0.29, 0.717) is 12.4 Å². The van der Waals surface area contributed by atoms with E-state index in [1.165, 1.54) is 9.47 Å². The number of aromatic amines is 1.